The Labute approximate surface area is 141 Å². The van der Waals surface area contributed by atoms with Gasteiger partial charge in [-0.2, -0.15) is 4.99 Å². The molecule has 0 spiro atoms. The molecular weight excluding hydrogens is 334 g/mol. The molecule has 0 saturated carbocycles. The van der Waals surface area contributed by atoms with Gasteiger partial charge in [-0.3, -0.25) is 19.7 Å². The Bertz CT molecular complexity index is 852. The first-order valence-corrected chi connectivity index (χ1v) is 8.20. The summed E-state index contributed by atoms with van der Waals surface area (Å²) in [5.41, 5.74) is 0.660. The van der Waals surface area contributed by atoms with Crippen molar-refractivity contribution < 1.29 is 19.2 Å². The van der Waals surface area contributed by atoms with E-state index in [1.165, 1.54) is 30.6 Å². The molecular formula is C15H17N3O5S. The van der Waals surface area contributed by atoms with Crippen LogP contribution in [0, 0.1) is 10.1 Å². The van der Waals surface area contributed by atoms with Gasteiger partial charge in [-0.1, -0.05) is 18.3 Å². The zero-order chi connectivity index (χ0) is 17.7. The molecule has 0 saturated heterocycles. The molecule has 128 valence electrons. The summed E-state index contributed by atoms with van der Waals surface area (Å²) in [6.45, 7) is 2.16. The van der Waals surface area contributed by atoms with Crippen LogP contribution in [0.1, 0.15) is 26.2 Å². The zero-order valence-corrected chi connectivity index (χ0v) is 14.2. The second-order valence-electron chi connectivity index (χ2n) is 5.03. The third-order valence-corrected chi connectivity index (χ3v) is 4.37. The van der Waals surface area contributed by atoms with Crippen molar-refractivity contribution in [2.75, 3.05) is 7.11 Å². The molecule has 1 heterocycles. The molecule has 9 heteroatoms. The van der Waals surface area contributed by atoms with Gasteiger partial charge in [0.2, 0.25) is 5.91 Å². The largest absolute Gasteiger partial charge is 0.469 e. The minimum absolute atomic E-state index is 0.0321. The Balaban J connectivity index is 2.53. The van der Waals surface area contributed by atoms with E-state index in [1.807, 2.05) is 6.92 Å². The van der Waals surface area contributed by atoms with Crippen LogP contribution in [0.5, 0.6) is 0 Å². The molecule has 8 nitrogen and oxygen atoms in total. The van der Waals surface area contributed by atoms with Crippen molar-refractivity contribution in [2.24, 2.45) is 4.99 Å². The molecule has 0 N–H and O–H groups in total. The fourth-order valence-electron chi connectivity index (χ4n) is 2.16. The fourth-order valence-corrected chi connectivity index (χ4v) is 3.26. The number of non-ortho nitro benzene ring substituents is 1. The van der Waals surface area contributed by atoms with Crippen LogP contribution in [0.15, 0.2) is 23.2 Å². The number of carbonyl (C=O) groups is 2. The van der Waals surface area contributed by atoms with Crippen molar-refractivity contribution in [3.05, 3.63) is 33.1 Å². The lowest BCUT2D eigenvalue weighted by Gasteiger charge is -2.04. The SMILES string of the molecule is CCCC(=O)N=c1sc2cc([N+](=O)[O-])ccc2n1CCC(=O)OC. The van der Waals surface area contributed by atoms with Crippen LogP contribution in [-0.2, 0) is 20.9 Å². The van der Waals surface area contributed by atoms with Crippen molar-refractivity contribution in [3.8, 4) is 0 Å². The first kappa shape index (κ1) is 17.8. The number of amides is 1. The fraction of sp³-hybridized carbons (Fsp3) is 0.400. The number of hydrogen-bond acceptors (Lipinski definition) is 6. The Hall–Kier alpha value is -2.55. The van der Waals surface area contributed by atoms with Crippen molar-refractivity contribution in [1.29, 1.82) is 0 Å². The number of carbonyl (C=O) groups excluding carboxylic acids is 2. The Kier molecular flexibility index (Phi) is 5.80. The maximum atomic E-state index is 11.8. The molecule has 0 bridgehead atoms. The molecule has 2 aromatic rings. The predicted molar refractivity (Wildman–Crippen MR) is 88.6 cm³/mol. The van der Waals surface area contributed by atoms with Gasteiger partial charge in [0.05, 0.1) is 28.7 Å². The minimum atomic E-state index is -0.475. The lowest BCUT2D eigenvalue weighted by molar-refractivity contribution is -0.384. The van der Waals surface area contributed by atoms with Crippen LogP contribution in [0.4, 0.5) is 5.69 Å². The maximum absolute atomic E-state index is 11.8. The topological polar surface area (TPSA) is 104 Å². The van der Waals surface area contributed by atoms with Gasteiger partial charge < -0.3 is 9.30 Å². The molecule has 0 radical (unpaired) electrons. The first-order chi connectivity index (χ1) is 11.5. The molecule has 2 rings (SSSR count). The molecule has 24 heavy (non-hydrogen) atoms. The summed E-state index contributed by atoms with van der Waals surface area (Å²) in [4.78, 5) is 38.2. The van der Waals surface area contributed by atoms with Crippen molar-refractivity contribution in [1.82, 2.24) is 4.57 Å². The molecule has 0 unspecified atom stereocenters. The zero-order valence-electron chi connectivity index (χ0n) is 13.4. The normalized spacial score (nSPS) is 11.7. The number of hydrogen-bond donors (Lipinski definition) is 0. The smallest absolute Gasteiger partial charge is 0.307 e. The van der Waals surface area contributed by atoms with Crippen LogP contribution in [0.3, 0.4) is 0 Å². The number of nitro groups is 1. The minimum Gasteiger partial charge on any atom is -0.469 e. The number of thiazole rings is 1. The highest BCUT2D eigenvalue weighted by molar-refractivity contribution is 7.16. The number of ether oxygens (including phenoxy) is 1. The number of nitro benzene ring substituents is 1. The lowest BCUT2D eigenvalue weighted by atomic mass is 10.3. The van der Waals surface area contributed by atoms with Gasteiger partial charge in [0.25, 0.3) is 5.69 Å². The van der Waals surface area contributed by atoms with Gasteiger partial charge in [0.15, 0.2) is 4.80 Å². The maximum Gasteiger partial charge on any atom is 0.307 e. The summed E-state index contributed by atoms with van der Waals surface area (Å²) < 4.78 is 6.99. The van der Waals surface area contributed by atoms with Crippen LogP contribution < -0.4 is 4.80 Å². The van der Waals surface area contributed by atoms with E-state index in [0.717, 1.165) is 0 Å². The van der Waals surface area contributed by atoms with Gasteiger partial charge in [0, 0.05) is 25.1 Å². The monoisotopic (exact) mass is 351 g/mol. The average molecular weight is 351 g/mol. The van der Waals surface area contributed by atoms with Crippen LogP contribution >= 0.6 is 11.3 Å². The summed E-state index contributed by atoms with van der Waals surface area (Å²) in [7, 11) is 1.30. The molecule has 0 aliphatic carbocycles. The average Bonchev–Trinajstić information content (AvgIpc) is 2.88. The first-order valence-electron chi connectivity index (χ1n) is 7.38. The second kappa shape index (κ2) is 7.82. The van der Waals surface area contributed by atoms with Gasteiger partial charge in [-0.25, -0.2) is 0 Å². The number of nitrogens with zero attached hydrogens (tertiary/aromatic N) is 3. The summed E-state index contributed by atoms with van der Waals surface area (Å²) in [6.07, 6.45) is 1.13. The van der Waals surface area contributed by atoms with E-state index < -0.39 is 4.92 Å². The Morgan fingerprint density at radius 3 is 2.75 bits per heavy atom. The van der Waals surface area contributed by atoms with Crippen molar-refractivity contribution >= 4 is 39.1 Å². The molecule has 1 aromatic heterocycles. The summed E-state index contributed by atoms with van der Waals surface area (Å²) in [5.74, 6) is -0.639. The number of esters is 1. The molecule has 0 aliphatic heterocycles. The highest BCUT2D eigenvalue weighted by Crippen LogP contribution is 2.23. The van der Waals surface area contributed by atoms with Gasteiger partial charge in [0.1, 0.15) is 0 Å². The molecule has 0 aliphatic rings. The van der Waals surface area contributed by atoms with E-state index in [9.17, 15) is 19.7 Å². The van der Waals surface area contributed by atoms with Crippen LogP contribution in [0.25, 0.3) is 10.2 Å². The van der Waals surface area contributed by atoms with Crippen LogP contribution in [0.2, 0.25) is 0 Å². The van der Waals surface area contributed by atoms with Gasteiger partial charge >= 0.3 is 5.97 Å². The summed E-state index contributed by atoms with van der Waals surface area (Å²) >= 11 is 1.19. The summed E-state index contributed by atoms with van der Waals surface area (Å²) in [6, 6.07) is 4.43. The molecule has 1 aromatic carbocycles. The third kappa shape index (κ3) is 4.05. The molecule has 0 atom stereocenters. The Morgan fingerprint density at radius 1 is 1.38 bits per heavy atom. The number of aromatic nitrogens is 1. The number of methoxy groups -OCH3 is 1. The highest BCUT2D eigenvalue weighted by Gasteiger charge is 2.13. The number of aryl methyl sites for hydroxylation is 1. The van der Waals surface area contributed by atoms with Crippen molar-refractivity contribution in [3.63, 3.8) is 0 Å². The van der Waals surface area contributed by atoms with E-state index in [-0.39, 0.29) is 30.5 Å². The second-order valence-corrected chi connectivity index (χ2v) is 6.04. The highest BCUT2D eigenvalue weighted by atomic mass is 32.1. The van der Waals surface area contributed by atoms with Gasteiger partial charge in [-0.15, -0.1) is 0 Å². The number of fused-ring (bicyclic) bond motifs is 1. The number of benzene rings is 1. The van der Waals surface area contributed by atoms with E-state index in [2.05, 4.69) is 9.73 Å². The van der Waals surface area contributed by atoms with Crippen LogP contribution in [-0.4, -0.2) is 28.5 Å². The van der Waals surface area contributed by atoms with E-state index in [1.54, 1.807) is 10.6 Å². The predicted octanol–water partition coefficient (Wildman–Crippen LogP) is 2.40. The third-order valence-electron chi connectivity index (χ3n) is 3.33. The number of rotatable bonds is 6. The van der Waals surface area contributed by atoms with E-state index in [4.69, 9.17) is 0 Å². The van der Waals surface area contributed by atoms with Crippen molar-refractivity contribution in [2.45, 2.75) is 32.7 Å². The molecule has 0 fully saturated rings. The van der Waals surface area contributed by atoms with Gasteiger partial charge in [-0.05, 0) is 12.5 Å². The Morgan fingerprint density at radius 2 is 2.12 bits per heavy atom. The lowest BCUT2D eigenvalue weighted by Crippen LogP contribution is -2.19. The quantitative estimate of drug-likeness (QED) is 0.451. The molecule has 1 amide bonds. The van der Waals surface area contributed by atoms with E-state index in [0.29, 0.717) is 27.9 Å². The standard InChI is InChI=1S/C15H17N3O5S/c1-3-4-13(19)16-15-17(8-7-14(20)23-2)11-6-5-10(18(21)22)9-12(11)24-15/h5-6,9H,3-4,7-8H2,1-2H3. The summed E-state index contributed by atoms with van der Waals surface area (Å²) in [5, 5.41) is 10.9. The van der Waals surface area contributed by atoms with E-state index >= 15 is 0 Å².